The van der Waals surface area contributed by atoms with Crippen LogP contribution in [0.25, 0.3) is 0 Å². The summed E-state index contributed by atoms with van der Waals surface area (Å²) < 4.78 is 23.4. The molecule has 0 fully saturated rings. The zero-order valence-corrected chi connectivity index (χ0v) is 8.88. The third-order valence-corrected chi connectivity index (χ3v) is 2.21. The van der Waals surface area contributed by atoms with Crippen LogP contribution in [-0.2, 0) is 4.74 Å². The van der Waals surface area contributed by atoms with Gasteiger partial charge in [0.25, 0.3) is 0 Å². The Morgan fingerprint density at radius 3 is 3.19 bits per heavy atom. The van der Waals surface area contributed by atoms with Gasteiger partial charge in [-0.25, -0.2) is 9.18 Å². The smallest absolute Gasteiger partial charge is 0.342 e. The van der Waals surface area contributed by atoms with Crippen molar-refractivity contribution in [3.63, 3.8) is 0 Å². The van der Waals surface area contributed by atoms with Gasteiger partial charge in [0.1, 0.15) is 18.0 Å². The zero-order chi connectivity index (χ0) is 11.5. The van der Waals surface area contributed by atoms with E-state index in [9.17, 15) is 9.18 Å². The number of halogens is 1. The van der Waals surface area contributed by atoms with Crippen molar-refractivity contribution < 1.29 is 18.7 Å². The predicted octanol–water partition coefficient (Wildman–Crippen LogP) is 1.81. The molecule has 4 nitrogen and oxygen atoms in total. The molecule has 0 atom stereocenters. The van der Waals surface area contributed by atoms with E-state index in [1.54, 1.807) is 6.92 Å². The molecular weight excluding hydrogens is 213 g/mol. The number of esters is 1. The summed E-state index contributed by atoms with van der Waals surface area (Å²) in [7, 11) is 0. The molecule has 86 valence electrons. The molecule has 2 rings (SSSR count). The minimum absolute atomic E-state index is 0.129. The van der Waals surface area contributed by atoms with Gasteiger partial charge in [-0.15, -0.1) is 0 Å². The van der Waals surface area contributed by atoms with E-state index in [4.69, 9.17) is 9.47 Å². The molecule has 16 heavy (non-hydrogen) atoms. The molecule has 0 aliphatic carbocycles. The molecule has 0 bridgehead atoms. The third kappa shape index (κ3) is 1.93. The van der Waals surface area contributed by atoms with Gasteiger partial charge < -0.3 is 14.8 Å². The topological polar surface area (TPSA) is 47.6 Å². The Morgan fingerprint density at radius 2 is 2.44 bits per heavy atom. The maximum absolute atomic E-state index is 13.3. The first-order chi connectivity index (χ1) is 7.72. The highest BCUT2D eigenvalue weighted by Crippen LogP contribution is 2.32. The summed E-state index contributed by atoms with van der Waals surface area (Å²) in [6.45, 7) is 2.99. The molecule has 5 heteroatoms. The first kappa shape index (κ1) is 10.7. The number of ether oxygens (including phenoxy) is 2. The lowest BCUT2D eigenvalue weighted by Crippen LogP contribution is -2.21. The molecule has 0 aromatic heterocycles. The van der Waals surface area contributed by atoms with E-state index in [1.165, 1.54) is 6.07 Å². The molecule has 1 N–H and O–H groups in total. The zero-order valence-electron chi connectivity index (χ0n) is 8.88. The van der Waals surface area contributed by atoms with Crippen molar-refractivity contribution in [2.45, 2.75) is 6.92 Å². The Hall–Kier alpha value is -1.78. The van der Waals surface area contributed by atoms with Gasteiger partial charge in [-0.3, -0.25) is 0 Å². The van der Waals surface area contributed by atoms with Gasteiger partial charge in [-0.05, 0) is 13.0 Å². The molecule has 0 amide bonds. The molecule has 0 radical (unpaired) electrons. The van der Waals surface area contributed by atoms with Gasteiger partial charge in [-0.1, -0.05) is 0 Å². The van der Waals surface area contributed by atoms with Crippen molar-refractivity contribution in [2.24, 2.45) is 0 Å². The van der Waals surface area contributed by atoms with Crippen LogP contribution < -0.4 is 10.1 Å². The minimum Gasteiger partial charge on any atom is -0.489 e. The number of benzene rings is 1. The maximum atomic E-state index is 13.3. The molecule has 1 aromatic carbocycles. The van der Waals surface area contributed by atoms with E-state index in [1.807, 2.05) is 0 Å². The first-order valence-electron chi connectivity index (χ1n) is 5.09. The average Bonchev–Trinajstić information content (AvgIpc) is 2.28. The van der Waals surface area contributed by atoms with E-state index in [2.05, 4.69) is 5.32 Å². The van der Waals surface area contributed by atoms with Crippen molar-refractivity contribution in [1.82, 2.24) is 0 Å². The van der Waals surface area contributed by atoms with Crippen LogP contribution in [0.3, 0.4) is 0 Å². The molecule has 1 heterocycles. The van der Waals surface area contributed by atoms with E-state index in [0.717, 1.165) is 6.07 Å². The van der Waals surface area contributed by atoms with Gasteiger partial charge >= 0.3 is 5.97 Å². The van der Waals surface area contributed by atoms with E-state index >= 15 is 0 Å². The Morgan fingerprint density at radius 1 is 1.62 bits per heavy atom. The van der Waals surface area contributed by atoms with E-state index in [0.29, 0.717) is 24.6 Å². The summed E-state index contributed by atoms with van der Waals surface area (Å²) in [6, 6.07) is 2.43. The van der Waals surface area contributed by atoms with Crippen LogP contribution in [-0.4, -0.2) is 25.7 Å². The maximum Gasteiger partial charge on any atom is 0.342 e. The van der Waals surface area contributed by atoms with Crippen LogP contribution in [0.15, 0.2) is 12.1 Å². The van der Waals surface area contributed by atoms with Crippen molar-refractivity contribution in [3.8, 4) is 5.75 Å². The average molecular weight is 225 g/mol. The molecular formula is C11H12FNO3. The molecule has 0 saturated carbocycles. The standard InChI is InChI=1S/C11H12FNO3/c1-2-15-11(14)8-5-7(12)6-9-10(8)16-4-3-13-9/h5-6,13H,2-4H2,1H3. The highest BCUT2D eigenvalue weighted by atomic mass is 19.1. The van der Waals surface area contributed by atoms with Crippen molar-refractivity contribution >= 4 is 11.7 Å². The number of hydrogen-bond donors (Lipinski definition) is 1. The number of carbonyl (C=O) groups is 1. The fourth-order valence-corrected chi connectivity index (χ4v) is 1.58. The molecule has 1 aliphatic heterocycles. The minimum atomic E-state index is -0.568. The van der Waals surface area contributed by atoms with Crippen LogP contribution >= 0.6 is 0 Å². The van der Waals surface area contributed by atoms with Crippen LogP contribution in [0.2, 0.25) is 0 Å². The van der Waals surface area contributed by atoms with Crippen molar-refractivity contribution in [2.75, 3.05) is 25.1 Å². The van der Waals surface area contributed by atoms with Crippen LogP contribution in [0.1, 0.15) is 17.3 Å². The van der Waals surface area contributed by atoms with Gasteiger partial charge in [0.05, 0.1) is 12.3 Å². The fourth-order valence-electron chi connectivity index (χ4n) is 1.58. The lowest BCUT2D eigenvalue weighted by Gasteiger charge is -2.21. The molecule has 1 aliphatic rings. The van der Waals surface area contributed by atoms with Gasteiger partial charge in [0.15, 0.2) is 5.75 Å². The quantitative estimate of drug-likeness (QED) is 0.780. The predicted molar refractivity (Wildman–Crippen MR) is 56.3 cm³/mol. The van der Waals surface area contributed by atoms with Gasteiger partial charge in [-0.2, -0.15) is 0 Å². The molecule has 0 saturated heterocycles. The summed E-state index contributed by atoms with van der Waals surface area (Å²) in [4.78, 5) is 11.6. The van der Waals surface area contributed by atoms with Gasteiger partial charge in [0.2, 0.25) is 0 Å². The second-order valence-corrected chi connectivity index (χ2v) is 3.33. The van der Waals surface area contributed by atoms with E-state index in [-0.39, 0.29) is 12.2 Å². The number of hydrogen-bond acceptors (Lipinski definition) is 4. The Kier molecular flexibility index (Phi) is 2.94. The molecule has 0 spiro atoms. The lowest BCUT2D eigenvalue weighted by atomic mass is 10.1. The summed E-state index contributed by atoms with van der Waals surface area (Å²) in [5.41, 5.74) is 0.623. The second kappa shape index (κ2) is 4.38. The molecule has 0 unspecified atom stereocenters. The Labute approximate surface area is 92.4 Å². The van der Waals surface area contributed by atoms with Gasteiger partial charge in [0, 0.05) is 12.6 Å². The number of carbonyl (C=O) groups excluding carboxylic acids is 1. The lowest BCUT2D eigenvalue weighted by molar-refractivity contribution is 0.0521. The Balaban J connectivity index is 2.43. The highest BCUT2D eigenvalue weighted by molar-refractivity contribution is 5.95. The van der Waals surface area contributed by atoms with E-state index < -0.39 is 11.8 Å². The summed E-state index contributed by atoms with van der Waals surface area (Å²) in [5, 5.41) is 2.97. The number of nitrogens with one attached hydrogen (secondary N) is 1. The summed E-state index contributed by atoms with van der Waals surface area (Å²) in [5.74, 6) is -0.687. The monoisotopic (exact) mass is 225 g/mol. The number of fused-ring (bicyclic) bond motifs is 1. The Bertz CT molecular complexity index is 420. The van der Waals surface area contributed by atoms with Crippen molar-refractivity contribution in [3.05, 3.63) is 23.5 Å². The van der Waals surface area contributed by atoms with Crippen molar-refractivity contribution in [1.29, 1.82) is 0 Å². The fraction of sp³-hybridized carbons (Fsp3) is 0.364. The normalized spacial score (nSPS) is 13.4. The SMILES string of the molecule is CCOC(=O)c1cc(F)cc2c1OCCN2. The summed E-state index contributed by atoms with van der Waals surface area (Å²) in [6.07, 6.45) is 0. The van der Waals surface area contributed by atoms with Crippen LogP contribution in [0.4, 0.5) is 10.1 Å². The second-order valence-electron chi connectivity index (χ2n) is 3.33. The largest absolute Gasteiger partial charge is 0.489 e. The highest BCUT2D eigenvalue weighted by Gasteiger charge is 2.21. The summed E-state index contributed by atoms with van der Waals surface area (Å²) >= 11 is 0. The van der Waals surface area contributed by atoms with Crippen LogP contribution in [0.5, 0.6) is 5.75 Å². The number of rotatable bonds is 2. The first-order valence-corrected chi connectivity index (χ1v) is 5.09. The molecule has 1 aromatic rings. The number of anilines is 1. The third-order valence-electron chi connectivity index (χ3n) is 2.21. The van der Waals surface area contributed by atoms with Crippen LogP contribution in [0, 0.1) is 5.82 Å².